The van der Waals surface area contributed by atoms with Gasteiger partial charge >= 0.3 is 0 Å². The van der Waals surface area contributed by atoms with Crippen molar-refractivity contribution in [1.82, 2.24) is 15.0 Å². The molecule has 1 fully saturated rings. The molecule has 2 atom stereocenters. The fourth-order valence-electron chi connectivity index (χ4n) is 3.71. The second-order valence-corrected chi connectivity index (χ2v) is 6.24. The van der Waals surface area contributed by atoms with Crippen molar-refractivity contribution in [3.63, 3.8) is 0 Å². The third kappa shape index (κ3) is 2.53. The highest BCUT2D eigenvalue weighted by Gasteiger charge is 2.27. The molecule has 3 N–H and O–H groups in total. The Kier molecular flexibility index (Phi) is 3.61. The van der Waals surface area contributed by atoms with Crippen molar-refractivity contribution in [2.45, 2.75) is 25.8 Å². The zero-order chi connectivity index (χ0) is 15.8. The van der Waals surface area contributed by atoms with E-state index in [9.17, 15) is 4.39 Å². The Morgan fingerprint density at radius 3 is 3.17 bits per heavy atom. The summed E-state index contributed by atoms with van der Waals surface area (Å²) in [5.74, 6) is 0.550. The van der Waals surface area contributed by atoms with E-state index < -0.39 is 0 Å². The van der Waals surface area contributed by atoms with Gasteiger partial charge in [-0.1, -0.05) is 0 Å². The molecule has 120 valence electrons. The summed E-state index contributed by atoms with van der Waals surface area (Å²) in [6, 6.07) is 5.35. The monoisotopic (exact) mass is 314 g/mol. The lowest BCUT2D eigenvalue weighted by atomic mass is 10.2. The molecule has 0 spiro atoms. The Morgan fingerprint density at radius 2 is 2.30 bits per heavy atom. The normalized spacial score (nSPS) is 21.3. The Labute approximate surface area is 133 Å². The molecular weight excluding hydrogens is 293 g/mol. The van der Waals surface area contributed by atoms with E-state index in [1.54, 1.807) is 17.3 Å². The molecule has 6 heteroatoms. The first-order valence-corrected chi connectivity index (χ1v) is 8.26. The van der Waals surface area contributed by atoms with E-state index in [0.29, 0.717) is 6.04 Å². The highest BCUT2D eigenvalue weighted by Crippen LogP contribution is 2.27. The molecular formula is C17H21FN5+. The second-order valence-electron chi connectivity index (χ2n) is 6.24. The van der Waals surface area contributed by atoms with Gasteiger partial charge in [0.2, 0.25) is 0 Å². The number of aromatic amines is 1. The summed E-state index contributed by atoms with van der Waals surface area (Å²) in [6.07, 6.45) is 4.09. The molecule has 3 heterocycles. The third-order valence-corrected chi connectivity index (χ3v) is 4.94. The number of nitrogens with zero attached hydrogens (tertiary/aromatic N) is 2. The maximum absolute atomic E-state index is 13.5. The number of aromatic nitrogens is 3. The molecule has 2 aromatic heterocycles. The van der Waals surface area contributed by atoms with Crippen LogP contribution in [-0.2, 0) is 0 Å². The second kappa shape index (κ2) is 5.77. The predicted molar refractivity (Wildman–Crippen MR) is 89.2 cm³/mol. The van der Waals surface area contributed by atoms with Crippen LogP contribution in [0, 0.1) is 5.82 Å². The van der Waals surface area contributed by atoms with E-state index in [4.69, 9.17) is 0 Å². The summed E-state index contributed by atoms with van der Waals surface area (Å²) in [4.78, 5) is 13.7. The van der Waals surface area contributed by atoms with E-state index in [1.165, 1.54) is 31.5 Å². The summed E-state index contributed by atoms with van der Waals surface area (Å²) in [7, 11) is 0. The summed E-state index contributed by atoms with van der Waals surface area (Å²) >= 11 is 0. The van der Waals surface area contributed by atoms with Gasteiger partial charge in [0.25, 0.3) is 0 Å². The van der Waals surface area contributed by atoms with Crippen molar-refractivity contribution in [3.8, 4) is 0 Å². The fourth-order valence-corrected chi connectivity index (χ4v) is 3.71. The first kappa shape index (κ1) is 14.4. The van der Waals surface area contributed by atoms with Crippen LogP contribution in [0.15, 0.2) is 24.5 Å². The van der Waals surface area contributed by atoms with Gasteiger partial charge in [0.05, 0.1) is 19.6 Å². The predicted octanol–water partition coefficient (Wildman–Crippen LogP) is 1.73. The van der Waals surface area contributed by atoms with Gasteiger partial charge in [-0.2, -0.15) is 0 Å². The standard InChI is InChI=1S/C17H20FN5/c1-2-23-7-3-4-12(23)9-19-17-16-15(20-10-21-17)13-8-11(18)5-6-14(13)22-16/h5-6,8,10,12,22H,2-4,7,9H2,1H3,(H,19,20,21)/p+1. The largest absolute Gasteiger partial charge is 0.362 e. The summed E-state index contributed by atoms with van der Waals surface area (Å²) in [5.41, 5.74) is 2.50. The molecule has 1 saturated heterocycles. The van der Waals surface area contributed by atoms with Gasteiger partial charge in [-0.3, -0.25) is 0 Å². The van der Waals surface area contributed by atoms with Crippen LogP contribution < -0.4 is 10.2 Å². The van der Waals surface area contributed by atoms with Crippen molar-refractivity contribution in [2.24, 2.45) is 0 Å². The summed E-state index contributed by atoms with van der Waals surface area (Å²) in [6.45, 7) is 5.56. The lowest BCUT2D eigenvalue weighted by Crippen LogP contribution is -3.14. The Morgan fingerprint density at radius 1 is 1.39 bits per heavy atom. The Balaban J connectivity index is 1.66. The number of benzene rings is 1. The van der Waals surface area contributed by atoms with Crippen molar-refractivity contribution < 1.29 is 9.29 Å². The maximum atomic E-state index is 13.5. The summed E-state index contributed by atoms with van der Waals surface area (Å²) < 4.78 is 13.5. The van der Waals surface area contributed by atoms with Crippen molar-refractivity contribution >= 4 is 27.8 Å². The van der Waals surface area contributed by atoms with E-state index >= 15 is 0 Å². The third-order valence-electron chi connectivity index (χ3n) is 4.94. The van der Waals surface area contributed by atoms with Crippen LogP contribution in [0.3, 0.4) is 0 Å². The minimum atomic E-state index is -0.250. The number of hydrogen-bond donors (Lipinski definition) is 3. The number of rotatable bonds is 4. The molecule has 0 bridgehead atoms. The number of likely N-dealkylation sites (N-methyl/N-ethyl adjacent to an activating group) is 1. The lowest BCUT2D eigenvalue weighted by molar-refractivity contribution is -0.908. The first-order valence-electron chi connectivity index (χ1n) is 8.26. The van der Waals surface area contributed by atoms with Crippen LogP contribution in [0.25, 0.3) is 21.9 Å². The van der Waals surface area contributed by atoms with Crippen LogP contribution >= 0.6 is 0 Å². The highest BCUT2D eigenvalue weighted by atomic mass is 19.1. The molecule has 0 amide bonds. The number of likely N-dealkylation sites (tertiary alicyclic amines) is 1. The zero-order valence-electron chi connectivity index (χ0n) is 13.2. The quantitative estimate of drug-likeness (QED) is 0.687. The number of anilines is 1. The average Bonchev–Trinajstić information content (AvgIpc) is 3.16. The topological polar surface area (TPSA) is 58.0 Å². The van der Waals surface area contributed by atoms with Crippen molar-refractivity contribution in [3.05, 3.63) is 30.3 Å². The van der Waals surface area contributed by atoms with Crippen LogP contribution in [0.5, 0.6) is 0 Å². The van der Waals surface area contributed by atoms with Crippen LogP contribution in [0.1, 0.15) is 19.8 Å². The molecule has 1 aromatic carbocycles. The van der Waals surface area contributed by atoms with Gasteiger partial charge in [0.15, 0.2) is 5.82 Å². The minimum absolute atomic E-state index is 0.250. The van der Waals surface area contributed by atoms with Gasteiger partial charge in [0.1, 0.15) is 29.2 Å². The molecule has 1 aliphatic heterocycles. The molecule has 0 radical (unpaired) electrons. The SMILES string of the molecule is CC[NH+]1CCCC1CNc1ncnc2c1[nH]c1ccc(F)cc12. The minimum Gasteiger partial charge on any atom is -0.362 e. The van der Waals surface area contributed by atoms with Gasteiger partial charge in [-0.05, 0) is 25.1 Å². The fraction of sp³-hybridized carbons (Fsp3) is 0.412. The first-order chi connectivity index (χ1) is 11.3. The van der Waals surface area contributed by atoms with Gasteiger partial charge in [-0.15, -0.1) is 0 Å². The number of nitrogens with one attached hydrogen (secondary N) is 3. The summed E-state index contributed by atoms with van der Waals surface area (Å²) in [5, 5.41) is 4.27. The molecule has 0 aliphatic carbocycles. The van der Waals surface area contributed by atoms with Crippen LogP contribution in [0.4, 0.5) is 10.2 Å². The lowest BCUT2D eigenvalue weighted by Gasteiger charge is -2.20. The van der Waals surface area contributed by atoms with E-state index in [2.05, 4.69) is 27.2 Å². The number of H-pyrrole nitrogens is 1. The molecule has 3 aromatic rings. The molecule has 2 unspecified atom stereocenters. The van der Waals surface area contributed by atoms with E-state index in [-0.39, 0.29) is 5.82 Å². The van der Waals surface area contributed by atoms with E-state index in [1.807, 2.05) is 0 Å². The van der Waals surface area contributed by atoms with Gasteiger partial charge in [-0.25, -0.2) is 14.4 Å². The number of quaternary nitrogens is 1. The molecule has 4 rings (SSSR count). The van der Waals surface area contributed by atoms with Crippen molar-refractivity contribution in [1.29, 1.82) is 0 Å². The average molecular weight is 314 g/mol. The highest BCUT2D eigenvalue weighted by molar-refractivity contribution is 6.07. The Bertz CT molecular complexity index is 843. The number of hydrogen-bond acceptors (Lipinski definition) is 3. The number of fused-ring (bicyclic) bond motifs is 3. The van der Waals surface area contributed by atoms with Gasteiger partial charge in [0, 0.05) is 23.7 Å². The van der Waals surface area contributed by atoms with Crippen LogP contribution in [-0.4, -0.2) is 40.6 Å². The van der Waals surface area contributed by atoms with Crippen molar-refractivity contribution in [2.75, 3.05) is 25.0 Å². The maximum Gasteiger partial charge on any atom is 0.154 e. The molecule has 1 aliphatic rings. The molecule has 0 saturated carbocycles. The zero-order valence-corrected chi connectivity index (χ0v) is 13.2. The Hall–Kier alpha value is -2.21. The van der Waals surface area contributed by atoms with E-state index in [0.717, 1.165) is 40.8 Å². The van der Waals surface area contributed by atoms with Crippen LogP contribution in [0.2, 0.25) is 0 Å². The molecule has 5 nitrogen and oxygen atoms in total. The smallest absolute Gasteiger partial charge is 0.154 e. The number of halogens is 1. The van der Waals surface area contributed by atoms with Gasteiger partial charge < -0.3 is 15.2 Å². The molecule has 23 heavy (non-hydrogen) atoms.